The number of ether oxygens (including phenoxy) is 1. The third-order valence-corrected chi connectivity index (χ3v) is 8.64. The van der Waals surface area contributed by atoms with Gasteiger partial charge in [-0.3, -0.25) is 14.2 Å². The molecule has 0 spiro atoms. The van der Waals surface area contributed by atoms with Crippen molar-refractivity contribution in [2.24, 2.45) is 0 Å². The second-order valence-corrected chi connectivity index (χ2v) is 11.8. The van der Waals surface area contributed by atoms with Crippen LogP contribution in [0.25, 0.3) is 16.0 Å². The molecule has 0 bridgehead atoms. The van der Waals surface area contributed by atoms with Gasteiger partial charge in [-0.25, -0.2) is 9.38 Å². The monoisotopic (exact) mass is 546 g/mol. The molecule has 5 aromatic rings. The van der Waals surface area contributed by atoms with E-state index in [0.29, 0.717) is 48.1 Å². The SMILES string of the molecule is CC1(C)Cc2c(sc3c2c(=O)n(CCc2ccccc2)c2nnc(SCC(=O)Nc4ccccn4)n32)CO1. The molecule has 1 amide bonds. The minimum atomic E-state index is -0.356. The van der Waals surface area contributed by atoms with Crippen LogP contribution in [0.4, 0.5) is 5.82 Å². The van der Waals surface area contributed by atoms with Crippen LogP contribution in [0.15, 0.2) is 64.7 Å². The number of carbonyl (C=O) groups is 1. The topological polar surface area (TPSA) is 103 Å². The van der Waals surface area contributed by atoms with Gasteiger partial charge in [-0.05, 0) is 43.5 Å². The van der Waals surface area contributed by atoms with Crippen LogP contribution in [-0.2, 0) is 35.5 Å². The lowest BCUT2D eigenvalue weighted by molar-refractivity contribution is -0.113. The van der Waals surface area contributed by atoms with Gasteiger partial charge in [0, 0.05) is 24.0 Å². The van der Waals surface area contributed by atoms with Crippen molar-refractivity contribution in [3.63, 3.8) is 0 Å². The molecule has 0 radical (unpaired) electrons. The van der Waals surface area contributed by atoms with Crippen molar-refractivity contribution in [2.75, 3.05) is 11.1 Å². The van der Waals surface area contributed by atoms with E-state index >= 15 is 0 Å². The van der Waals surface area contributed by atoms with Gasteiger partial charge in [-0.2, -0.15) is 0 Å². The fourth-order valence-corrected chi connectivity index (χ4v) is 6.70. The maximum atomic E-state index is 14.0. The molecule has 0 atom stereocenters. The summed E-state index contributed by atoms with van der Waals surface area (Å²) in [5.41, 5.74) is 1.76. The van der Waals surface area contributed by atoms with Crippen molar-refractivity contribution >= 4 is 50.8 Å². The summed E-state index contributed by atoms with van der Waals surface area (Å²) in [5.74, 6) is 0.905. The van der Waals surface area contributed by atoms with Crippen LogP contribution in [0.3, 0.4) is 0 Å². The van der Waals surface area contributed by atoms with Gasteiger partial charge in [-0.15, -0.1) is 21.5 Å². The molecule has 9 nitrogen and oxygen atoms in total. The van der Waals surface area contributed by atoms with Crippen molar-refractivity contribution in [3.8, 4) is 0 Å². The second-order valence-electron chi connectivity index (χ2n) is 9.77. The molecule has 38 heavy (non-hydrogen) atoms. The molecule has 1 N–H and O–H groups in total. The summed E-state index contributed by atoms with van der Waals surface area (Å²) in [6, 6.07) is 15.4. The summed E-state index contributed by atoms with van der Waals surface area (Å²) in [7, 11) is 0. The van der Waals surface area contributed by atoms with Crippen LogP contribution < -0.4 is 10.9 Å². The molecule has 0 saturated heterocycles. The molecule has 11 heteroatoms. The Labute approximate surface area is 226 Å². The number of nitrogens with one attached hydrogen (secondary N) is 1. The Morgan fingerprint density at radius 2 is 1.97 bits per heavy atom. The van der Waals surface area contributed by atoms with Crippen LogP contribution in [-0.4, -0.2) is 41.4 Å². The smallest absolute Gasteiger partial charge is 0.263 e. The number of aromatic nitrogens is 5. The van der Waals surface area contributed by atoms with Crippen molar-refractivity contribution in [3.05, 3.63) is 81.1 Å². The van der Waals surface area contributed by atoms with Crippen LogP contribution in [0.1, 0.15) is 29.9 Å². The first kappa shape index (κ1) is 24.8. The Bertz CT molecular complexity index is 1690. The second kappa shape index (κ2) is 9.97. The molecule has 0 saturated carbocycles. The van der Waals surface area contributed by atoms with Gasteiger partial charge in [-0.1, -0.05) is 48.2 Å². The summed E-state index contributed by atoms with van der Waals surface area (Å²) in [6.45, 7) is 5.03. The zero-order valence-corrected chi connectivity index (χ0v) is 22.6. The van der Waals surface area contributed by atoms with E-state index in [-0.39, 0.29) is 22.8 Å². The maximum absolute atomic E-state index is 14.0. The molecule has 0 aliphatic carbocycles. The number of anilines is 1. The van der Waals surface area contributed by atoms with Gasteiger partial charge in [0.15, 0.2) is 5.16 Å². The number of rotatable bonds is 7. The minimum Gasteiger partial charge on any atom is -0.370 e. The molecule has 5 heterocycles. The Balaban J connectivity index is 1.41. The summed E-state index contributed by atoms with van der Waals surface area (Å²) >= 11 is 2.83. The highest BCUT2D eigenvalue weighted by molar-refractivity contribution is 7.99. The minimum absolute atomic E-state index is 0.0597. The lowest BCUT2D eigenvalue weighted by Crippen LogP contribution is -2.32. The third-order valence-electron chi connectivity index (χ3n) is 6.52. The predicted octanol–water partition coefficient (Wildman–Crippen LogP) is 4.33. The zero-order chi connectivity index (χ0) is 26.3. The van der Waals surface area contributed by atoms with Gasteiger partial charge in [0.25, 0.3) is 5.56 Å². The van der Waals surface area contributed by atoms with Gasteiger partial charge in [0.1, 0.15) is 10.6 Å². The van der Waals surface area contributed by atoms with Crippen molar-refractivity contribution < 1.29 is 9.53 Å². The van der Waals surface area contributed by atoms with Gasteiger partial charge < -0.3 is 10.1 Å². The van der Waals surface area contributed by atoms with E-state index in [0.717, 1.165) is 20.8 Å². The van der Waals surface area contributed by atoms with E-state index in [1.807, 2.05) is 42.5 Å². The lowest BCUT2D eigenvalue weighted by atomic mass is 9.94. The molecule has 4 aromatic heterocycles. The summed E-state index contributed by atoms with van der Waals surface area (Å²) in [6.07, 6.45) is 2.97. The number of fused-ring (bicyclic) bond motifs is 5. The first-order chi connectivity index (χ1) is 18.4. The Hall–Kier alpha value is -3.54. The number of carbonyl (C=O) groups excluding carboxylic acids is 1. The number of hydrogen-bond donors (Lipinski definition) is 1. The number of thioether (sulfide) groups is 1. The molecular formula is C27H26N6O3S2. The van der Waals surface area contributed by atoms with Crippen LogP contribution >= 0.6 is 23.1 Å². The number of amides is 1. The van der Waals surface area contributed by atoms with E-state index in [2.05, 4.69) is 32.6 Å². The average Bonchev–Trinajstić information content (AvgIpc) is 3.49. The first-order valence-corrected chi connectivity index (χ1v) is 14.1. The van der Waals surface area contributed by atoms with Gasteiger partial charge in [0.05, 0.1) is 23.3 Å². The van der Waals surface area contributed by atoms with Crippen LogP contribution in [0.5, 0.6) is 0 Å². The molecule has 6 rings (SSSR count). The normalized spacial score (nSPS) is 14.6. The number of hydrogen-bond acceptors (Lipinski definition) is 8. The molecule has 0 unspecified atom stereocenters. The molecular weight excluding hydrogens is 520 g/mol. The van der Waals surface area contributed by atoms with Crippen molar-refractivity contribution in [1.29, 1.82) is 0 Å². The van der Waals surface area contributed by atoms with Gasteiger partial charge in [0.2, 0.25) is 11.7 Å². The Morgan fingerprint density at radius 3 is 2.76 bits per heavy atom. The third kappa shape index (κ3) is 4.72. The number of thiophene rings is 1. The van der Waals surface area contributed by atoms with E-state index < -0.39 is 0 Å². The highest BCUT2D eigenvalue weighted by atomic mass is 32.2. The fraction of sp³-hybridized carbons (Fsp3) is 0.296. The highest BCUT2D eigenvalue weighted by Crippen LogP contribution is 2.38. The van der Waals surface area contributed by atoms with Crippen LogP contribution in [0, 0.1) is 0 Å². The number of aryl methyl sites for hydroxylation is 2. The number of nitrogens with zero attached hydrogens (tertiary/aromatic N) is 5. The first-order valence-electron chi connectivity index (χ1n) is 12.3. The highest BCUT2D eigenvalue weighted by Gasteiger charge is 2.32. The maximum Gasteiger partial charge on any atom is 0.263 e. The van der Waals surface area contributed by atoms with Crippen molar-refractivity contribution in [2.45, 2.75) is 50.6 Å². The molecule has 1 aliphatic rings. The molecule has 1 aliphatic heterocycles. The molecule has 194 valence electrons. The summed E-state index contributed by atoms with van der Waals surface area (Å²) in [4.78, 5) is 32.6. The Kier molecular flexibility index (Phi) is 6.50. The summed E-state index contributed by atoms with van der Waals surface area (Å²) < 4.78 is 9.70. The van der Waals surface area contributed by atoms with E-state index in [1.54, 1.807) is 34.2 Å². The Morgan fingerprint density at radius 1 is 1.16 bits per heavy atom. The average molecular weight is 547 g/mol. The van der Waals surface area contributed by atoms with Crippen LogP contribution in [0.2, 0.25) is 0 Å². The standard InChI is InChI=1S/C27H26N6O3S2/c1-27(2)14-18-19(15-36-27)38-24-22(18)23(35)32(13-11-17-8-4-3-5-9-17)25-30-31-26(33(24)25)37-16-21(34)29-20-10-6-7-12-28-20/h3-10,12H,11,13-16H2,1-2H3,(H,28,29,34). The number of benzene rings is 1. The quantitative estimate of drug-likeness (QED) is 0.303. The molecule has 0 fully saturated rings. The van der Waals surface area contributed by atoms with Crippen molar-refractivity contribution in [1.82, 2.24) is 24.1 Å². The van der Waals surface area contributed by atoms with E-state index in [9.17, 15) is 9.59 Å². The molecule has 1 aromatic carbocycles. The van der Waals surface area contributed by atoms with Gasteiger partial charge >= 0.3 is 0 Å². The lowest BCUT2D eigenvalue weighted by Gasteiger charge is -2.29. The largest absolute Gasteiger partial charge is 0.370 e. The van der Waals surface area contributed by atoms with E-state index in [4.69, 9.17) is 4.74 Å². The fourth-order valence-electron chi connectivity index (χ4n) is 4.68. The van der Waals surface area contributed by atoms with E-state index in [1.165, 1.54) is 11.8 Å². The number of pyridine rings is 1. The summed E-state index contributed by atoms with van der Waals surface area (Å²) in [5, 5.41) is 12.9. The predicted molar refractivity (Wildman–Crippen MR) is 149 cm³/mol. The zero-order valence-electron chi connectivity index (χ0n) is 21.0.